The van der Waals surface area contributed by atoms with Crippen molar-refractivity contribution in [2.75, 3.05) is 17.2 Å². The van der Waals surface area contributed by atoms with Gasteiger partial charge in [0.25, 0.3) is 5.91 Å². The van der Waals surface area contributed by atoms with E-state index >= 15 is 0 Å². The fraction of sp³-hybridized carbons (Fsp3) is 0.133. The van der Waals surface area contributed by atoms with Crippen molar-refractivity contribution in [1.29, 1.82) is 0 Å². The van der Waals surface area contributed by atoms with Crippen molar-refractivity contribution in [2.24, 2.45) is 0 Å². The van der Waals surface area contributed by atoms with Crippen molar-refractivity contribution in [1.82, 2.24) is 0 Å². The molecule has 2 N–H and O–H groups in total. The Kier molecular flexibility index (Phi) is 4.25. The van der Waals surface area contributed by atoms with E-state index in [4.69, 9.17) is 17.3 Å². The van der Waals surface area contributed by atoms with Gasteiger partial charge in [0.2, 0.25) is 0 Å². The van der Waals surface area contributed by atoms with E-state index in [1.807, 2.05) is 6.92 Å². The van der Waals surface area contributed by atoms with E-state index in [1.54, 1.807) is 24.3 Å². The fourth-order valence-corrected chi connectivity index (χ4v) is 2.08. The van der Waals surface area contributed by atoms with Crippen LogP contribution in [0.1, 0.15) is 17.3 Å². The van der Waals surface area contributed by atoms with Crippen molar-refractivity contribution in [2.45, 2.75) is 6.92 Å². The molecule has 0 spiro atoms. The topological polar surface area (TPSA) is 46.3 Å². The molecule has 20 heavy (non-hydrogen) atoms. The standard InChI is InChI=1S/C15H14ClFN2O/c1-2-19(12-5-3-4-11(17)9-12)15(20)10-6-7-14(18)13(16)8-10/h3-9H,2,18H2,1H3. The summed E-state index contributed by atoms with van der Waals surface area (Å²) in [6.07, 6.45) is 0. The third-order valence-electron chi connectivity index (χ3n) is 2.93. The lowest BCUT2D eigenvalue weighted by atomic mass is 10.1. The smallest absolute Gasteiger partial charge is 0.258 e. The number of amides is 1. The molecule has 0 aliphatic carbocycles. The molecule has 0 aromatic heterocycles. The van der Waals surface area contributed by atoms with Gasteiger partial charge in [-0.25, -0.2) is 4.39 Å². The van der Waals surface area contributed by atoms with Gasteiger partial charge in [0.1, 0.15) is 5.82 Å². The molecule has 3 nitrogen and oxygen atoms in total. The van der Waals surface area contributed by atoms with Crippen LogP contribution in [0.4, 0.5) is 15.8 Å². The van der Waals surface area contributed by atoms with Crippen LogP contribution in [0.15, 0.2) is 42.5 Å². The molecule has 1 amide bonds. The van der Waals surface area contributed by atoms with E-state index in [2.05, 4.69) is 0 Å². The highest BCUT2D eigenvalue weighted by Crippen LogP contribution is 2.23. The molecule has 0 heterocycles. The Morgan fingerprint density at radius 2 is 2.05 bits per heavy atom. The molecule has 0 aliphatic rings. The minimum Gasteiger partial charge on any atom is -0.398 e. The normalized spacial score (nSPS) is 10.3. The molecular formula is C15H14ClFN2O. The third-order valence-corrected chi connectivity index (χ3v) is 3.26. The van der Waals surface area contributed by atoms with Crippen molar-refractivity contribution < 1.29 is 9.18 Å². The summed E-state index contributed by atoms with van der Waals surface area (Å²) in [5.74, 6) is -0.635. The van der Waals surface area contributed by atoms with Crippen molar-refractivity contribution in [3.63, 3.8) is 0 Å². The van der Waals surface area contributed by atoms with Crippen LogP contribution in [0.5, 0.6) is 0 Å². The van der Waals surface area contributed by atoms with Gasteiger partial charge in [0, 0.05) is 17.8 Å². The summed E-state index contributed by atoms with van der Waals surface area (Å²) in [6.45, 7) is 2.24. The lowest BCUT2D eigenvalue weighted by Gasteiger charge is -2.21. The SMILES string of the molecule is CCN(C(=O)c1ccc(N)c(Cl)c1)c1cccc(F)c1. The van der Waals surface area contributed by atoms with Gasteiger partial charge >= 0.3 is 0 Å². The maximum atomic E-state index is 13.3. The van der Waals surface area contributed by atoms with Crippen LogP contribution in [-0.4, -0.2) is 12.5 Å². The number of carbonyl (C=O) groups excluding carboxylic acids is 1. The highest BCUT2D eigenvalue weighted by molar-refractivity contribution is 6.33. The molecule has 104 valence electrons. The Morgan fingerprint density at radius 1 is 1.30 bits per heavy atom. The number of hydrogen-bond donors (Lipinski definition) is 1. The van der Waals surface area contributed by atoms with E-state index in [0.29, 0.717) is 28.5 Å². The van der Waals surface area contributed by atoms with Crippen LogP contribution in [-0.2, 0) is 0 Å². The number of halogens is 2. The van der Waals surface area contributed by atoms with Crippen molar-refractivity contribution in [3.8, 4) is 0 Å². The van der Waals surface area contributed by atoms with Crippen molar-refractivity contribution >= 4 is 28.9 Å². The first kappa shape index (κ1) is 14.3. The zero-order valence-corrected chi connectivity index (χ0v) is 11.7. The monoisotopic (exact) mass is 292 g/mol. The van der Waals surface area contributed by atoms with Gasteiger partial charge in [0.05, 0.1) is 10.7 Å². The van der Waals surface area contributed by atoms with Gasteiger partial charge in [-0.3, -0.25) is 4.79 Å². The van der Waals surface area contributed by atoms with Crippen LogP contribution >= 0.6 is 11.6 Å². The molecule has 2 aromatic carbocycles. The molecule has 0 fully saturated rings. The molecule has 5 heteroatoms. The summed E-state index contributed by atoms with van der Waals surface area (Å²) >= 11 is 5.92. The van der Waals surface area contributed by atoms with Crippen molar-refractivity contribution in [3.05, 3.63) is 58.9 Å². The van der Waals surface area contributed by atoms with Crippen LogP contribution in [0.2, 0.25) is 5.02 Å². The average Bonchev–Trinajstić information content (AvgIpc) is 2.42. The Balaban J connectivity index is 2.36. The van der Waals surface area contributed by atoms with Gasteiger partial charge < -0.3 is 10.6 Å². The van der Waals surface area contributed by atoms with Crippen LogP contribution in [0, 0.1) is 5.82 Å². The lowest BCUT2D eigenvalue weighted by Crippen LogP contribution is -2.30. The number of anilines is 2. The number of hydrogen-bond acceptors (Lipinski definition) is 2. The van der Waals surface area contributed by atoms with E-state index in [-0.39, 0.29) is 11.7 Å². The Bertz CT molecular complexity index is 646. The first-order chi connectivity index (χ1) is 9.52. The Morgan fingerprint density at radius 3 is 2.65 bits per heavy atom. The van der Waals surface area contributed by atoms with E-state index in [9.17, 15) is 9.18 Å². The van der Waals surface area contributed by atoms with Gasteiger partial charge in [-0.1, -0.05) is 17.7 Å². The van der Waals surface area contributed by atoms with E-state index in [0.717, 1.165) is 0 Å². The minimum absolute atomic E-state index is 0.250. The second-order valence-electron chi connectivity index (χ2n) is 4.27. The molecular weight excluding hydrogens is 279 g/mol. The highest BCUT2D eigenvalue weighted by atomic mass is 35.5. The van der Waals surface area contributed by atoms with Gasteiger partial charge in [-0.05, 0) is 43.3 Å². The summed E-state index contributed by atoms with van der Waals surface area (Å²) in [4.78, 5) is 13.9. The molecule has 0 unspecified atom stereocenters. The summed E-state index contributed by atoms with van der Waals surface area (Å²) in [6, 6.07) is 10.6. The summed E-state index contributed by atoms with van der Waals surface area (Å²) in [5.41, 5.74) is 6.95. The van der Waals surface area contributed by atoms with Crippen LogP contribution in [0.25, 0.3) is 0 Å². The predicted molar refractivity (Wildman–Crippen MR) is 79.6 cm³/mol. The molecule has 0 saturated carbocycles. The van der Waals surface area contributed by atoms with Gasteiger partial charge in [0.15, 0.2) is 0 Å². The highest BCUT2D eigenvalue weighted by Gasteiger charge is 2.17. The quantitative estimate of drug-likeness (QED) is 0.876. The summed E-state index contributed by atoms with van der Waals surface area (Å²) in [5, 5.41) is 0.325. The molecule has 0 radical (unpaired) electrons. The molecule has 0 atom stereocenters. The first-order valence-corrected chi connectivity index (χ1v) is 6.53. The largest absolute Gasteiger partial charge is 0.398 e. The summed E-state index contributed by atoms with van der Waals surface area (Å²) in [7, 11) is 0. The van der Waals surface area contributed by atoms with Gasteiger partial charge in [-0.15, -0.1) is 0 Å². The second-order valence-corrected chi connectivity index (χ2v) is 4.67. The average molecular weight is 293 g/mol. The van der Waals surface area contributed by atoms with E-state index in [1.165, 1.54) is 23.1 Å². The summed E-state index contributed by atoms with van der Waals surface area (Å²) < 4.78 is 13.3. The number of nitrogens with zero attached hydrogens (tertiary/aromatic N) is 1. The van der Waals surface area contributed by atoms with Crippen LogP contribution in [0.3, 0.4) is 0 Å². The fourth-order valence-electron chi connectivity index (χ4n) is 1.90. The van der Waals surface area contributed by atoms with Gasteiger partial charge in [-0.2, -0.15) is 0 Å². The lowest BCUT2D eigenvalue weighted by molar-refractivity contribution is 0.0988. The molecule has 0 aliphatic heterocycles. The Labute approximate surface area is 121 Å². The predicted octanol–water partition coefficient (Wildman–Crippen LogP) is 3.73. The first-order valence-electron chi connectivity index (χ1n) is 6.15. The molecule has 2 aromatic rings. The number of benzene rings is 2. The Hall–Kier alpha value is -2.07. The van der Waals surface area contributed by atoms with E-state index < -0.39 is 0 Å². The molecule has 0 saturated heterocycles. The third kappa shape index (κ3) is 2.91. The number of rotatable bonds is 3. The number of nitrogens with two attached hydrogens (primary N) is 1. The second kappa shape index (κ2) is 5.92. The number of carbonyl (C=O) groups is 1. The minimum atomic E-state index is -0.385. The zero-order valence-electron chi connectivity index (χ0n) is 10.9. The zero-order chi connectivity index (χ0) is 14.7. The molecule has 2 rings (SSSR count). The molecule has 0 bridgehead atoms. The number of nitrogen functional groups attached to an aromatic ring is 1. The maximum absolute atomic E-state index is 13.3. The van der Waals surface area contributed by atoms with Crippen LogP contribution < -0.4 is 10.6 Å². The maximum Gasteiger partial charge on any atom is 0.258 e.